The summed E-state index contributed by atoms with van der Waals surface area (Å²) in [5.41, 5.74) is -0.524. The molecule has 1 atom stereocenters. The number of ether oxygens (including phenoxy) is 1. The van der Waals surface area contributed by atoms with Crippen molar-refractivity contribution in [3.8, 4) is 0 Å². The highest BCUT2D eigenvalue weighted by molar-refractivity contribution is 5.87. The van der Waals surface area contributed by atoms with E-state index in [1.807, 2.05) is 9.80 Å². The Hall–Kier alpha value is -1.10. The summed E-state index contributed by atoms with van der Waals surface area (Å²) in [7, 11) is 1.67. The van der Waals surface area contributed by atoms with Gasteiger partial charge in [0, 0.05) is 38.7 Å². The minimum absolute atomic E-state index is 0.197. The summed E-state index contributed by atoms with van der Waals surface area (Å²) in [4.78, 5) is 30.1. The van der Waals surface area contributed by atoms with E-state index in [-0.39, 0.29) is 16.7 Å². The number of hydrogen-bond donors (Lipinski definition) is 0. The van der Waals surface area contributed by atoms with Crippen LogP contribution in [0.4, 0.5) is 0 Å². The molecule has 3 aliphatic rings. The number of nitrogens with zero attached hydrogens (tertiary/aromatic N) is 2. The highest BCUT2D eigenvalue weighted by Gasteiger charge is 2.51. The van der Waals surface area contributed by atoms with E-state index >= 15 is 0 Å². The number of hydrogen-bond acceptors (Lipinski definition) is 3. The summed E-state index contributed by atoms with van der Waals surface area (Å²) in [5.74, 6) is 0.538. The van der Waals surface area contributed by atoms with Crippen LogP contribution in [0.1, 0.15) is 58.3 Å². The topological polar surface area (TPSA) is 49.9 Å². The zero-order valence-corrected chi connectivity index (χ0v) is 15.3. The van der Waals surface area contributed by atoms with Gasteiger partial charge in [-0.25, -0.2) is 0 Å². The molecular weight excluding hydrogens is 304 g/mol. The molecule has 3 rings (SSSR count). The molecule has 0 N–H and O–H groups in total. The first kappa shape index (κ1) is 17.7. The second-order valence-electron chi connectivity index (χ2n) is 8.27. The first-order valence-corrected chi connectivity index (χ1v) is 9.59. The standard InChI is InChI=1S/C19H32N2O3/c1-18(7-4-3-5-8-18)16(22)21-12-10-19(15-21)9-6-11-20(17(19)23)13-14-24-2/h3-15H2,1-2H3. The van der Waals surface area contributed by atoms with Gasteiger partial charge in [0.1, 0.15) is 0 Å². The van der Waals surface area contributed by atoms with E-state index < -0.39 is 0 Å². The summed E-state index contributed by atoms with van der Waals surface area (Å²) in [5, 5.41) is 0. The normalized spacial score (nSPS) is 30.2. The average Bonchev–Trinajstić information content (AvgIpc) is 3.01. The van der Waals surface area contributed by atoms with Crippen molar-refractivity contribution in [1.29, 1.82) is 0 Å². The maximum absolute atomic E-state index is 13.1. The number of rotatable bonds is 4. The molecule has 1 saturated carbocycles. The number of methoxy groups -OCH3 is 1. The molecule has 1 aliphatic carbocycles. The molecule has 2 aliphatic heterocycles. The Balaban J connectivity index is 1.67. The van der Waals surface area contributed by atoms with Crippen molar-refractivity contribution in [2.45, 2.75) is 58.3 Å². The molecule has 3 fully saturated rings. The second kappa shape index (κ2) is 7.03. The quantitative estimate of drug-likeness (QED) is 0.792. The van der Waals surface area contributed by atoms with Crippen LogP contribution in [0.15, 0.2) is 0 Å². The minimum Gasteiger partial charge on any atom is -0.383 e. The molecule has 2 heterocycles. The summed E-state index contributed by atoms with van der Waals surface area (Å²) >= 11 is 0. The van der Waals surface area contributed by atoms with Crippen molar-refractivity contribution in [2.75, 3.05) is 39.9 Å². The Morgan fingerprint density at radius 1 is 1.08 bits per heavy atom. The molecular formula is C19H32N2O3. The van der Waals surface area contributed by atoms with Gasteiger partial charge in [0.05, 0.1) is 12.0 Å². The average molecular weight is 336 g/mol. The van der Waals surface area contributed by atoms with Crippen molar-refractivity contribution in [3.63, 3.8) is 0 Å². The lowest BCUT2D eigenvalue weighted by Gasteiger charge is -2.40. The summed E-state index contributed by atoms with van der Waals surface area (Å²) in [6.07, 6.45) is 8.36. The maximum atomic E-state index is 13.1. The van der Waals surface area contributed by atoms with Gasteiger partial charge in [-0.15, -0.1) is 0 Å². The van der Waals surface area contributed by atoms with Crippen LogP contribution in [0.3, 0.4) is 0 Å². The molecule has 5 heteroatoms. The van der Waals surface area contributed by atoms with Gasteiger partial charge in [0.2, 0.25) is 11.8 Å². The van der Waals surface area contributed by atoms with Crippen molar-refractivity contribution in [2.24, 2.45) is 10.8 Å². The van der Waals surface area contributed by atoms with Crippen LogP contribution in [0.2, 0.25) is 0 Å². The lowest BCUT2D eigenvalue weighted by atomic mass is 9.74. The molecule has 2 amide bonds. The number of carbonyl (C=O) groups excluding carboxylic acids is 2. The largest absolute Gasteiger partial charge is 0.383 e. The second-order valence-corrected chi connectivity index (χ2v) is 8.27. The van der Waals surface area contributed by atoms with E-state index in [1.165, 1.54) is 6.42 Å². The Morgan fingerprint density at radius 3 is 2.54 bits per heavy atom. The first-order chi connectivity index (χ1) is 11.5. The Kier molecular flexibility index (Phi) is 5.19. The number of piperidine rings is 1. The molecule has 1 unspecified atom stereocenters. The van der Waals surface area contributed by atoms with E-state index in [0.29, 0.717) is 25.6 Å². The van der Waals surface area contributed by atoms with E-state index in [1.54, 1.807) is 7.11 Å². The highest BCUT2D eigenvalue weighted by Crippen LogP contribution is 2.43. The van der Waals surface area contributed by atoms with Gasteiger partial charge >= 0.3 is 0 Å². The molecule has 5 nitrogen and oxygen atoms in total. The SMILES string of the molecule is COCCN1CCCC2(CCN(C(=O)C3(C)CCCCC3)C2)C1=O. The van der Waals surface area contributed by atoms with Gasteiger partial charge in [0.25, 0.3) is 0 Å². The summed E-state index contributed by atoms with van der Waals surface area (Å²) < 4.78 is 5.14. The van der Waals surface area contributed by atoms with Crippen LogP contribution in [0, 0.1) is 10.8 Å². The van der Waals surface area contributed by atoms with Crippen molar-refractivity contribution >= 4 is 11.8 Å². The Bertz CT molecular complexity index is 487. The first-order valence-electron chi connectivity index (χ1n) is 9.59. The van der Waals surface area contributed by atoms with E-state index in [9.17, 15) is 9.59 Å². The number of amides is 2. The molecule has 1 spiro atoms. The lowest BCUT2D eigenvalue weighted by Crippen LogP contribution is -2.52. The van der Waals surface area contributed by atoms with E-state index in [2.05, 4.69) is 6.92 Å². The maximum Gasteiger partial charge on any atom is 0.230 e. The van der Waals surface area contributed by atoms with Crippen LogP contribution in [-0.4, -0.2) is 61.5 Å². The fourth-order valence-electron chi connectivity index (χ4n) is 4.92. The van der Waals surface area contributed by atoms with Crippen molar-refractivity contribution in [3.05, 3.63) is 0 Å². The van der Waals surface area contributed by atoms with Gasteiger partial charge in [-0.2, -0.15) is 0 Å². The van der Waals surface area contributed by atoms with Crippen LogP contribution < -0.4 is 0 Å². The summed E-state index contributed by atoms with van der Waals surface area (Å²) in [6.45, 7) is 5.59. The molecule has 0 bridgehead atoms. The molecule has 136 valence electrons. The highest BCUT2D eigenvalue weighted by atomic mass is 16.5. The Labute approximate surface area is 145 Å². The van der Waals surface area contributed by atoms with Crippen LogP contribution in [-0.2, 0) is 14.3 Å². The third-order valence-electron chi connectivity index (χ3n) is 6.50. The fraction of sp³-hybridized carbons (Fsp3) is 0.895. The van der Waals surface area contributed by atoms with Gasteiger partial charge in [-0.3, -0.25) is 9.59 Å². The van der Waals surface area contributed by atoms with Crippen LogP contribution in [0.5, 0.6) is 0 Å². The van der Waals surface area contributed by atoms with E-state index in [0.717, 1.165) is 58.0 Å². The lowest BCUT2D eigenvalue weighted by molar-refractivity contribution is -0.148. The van der Waals surface area contributed by atoms with Gasteiger partial charge in [0.15, 0.2) is 0 Å². The van der Waals surface area contributed by atoms with Crippen molar-refractivity contribution < 1.29 is 14.3 Å². The van der Waals surface area contributed by atoms with Crippen LogP contribution >= 0.6 is 0 Å². The smallest absolute Gasteiger partial charge is 0.230 e. The Morgan fingerprint density at radius 2 is 1.83 bits per heavy atom. The minimum atomic E-state index is -0.327. The van der Waals surface area contributed by atoms with Crippen LogP contribution in [0.25, 0.3) is 0 Å². The predicted molar refractivity (Wildman–Crippen MR) is 92.5 cm³/mol. The molecule has 0 aromatic carbocycles. The zero-order chi connectivity index (χ0) is 17.2. The van der Waals surface area contributed by atoms with Crippen molar-refractivity contribution in [1.82, 2.24) is 9.80 Å². The molecule has 0 aromatic heterocycles. The molecule has 0 aromatic rings. The summed E-state index contributed by atoms with van der Waals surface area (Å²) in [6, 6.07) is 0. The number of likely N-dealkylation sites (tertiary alicyclic amines) is 2. The predicted octanol–water partition coefficient (Wildman–Crippen LogP) is 2.44. The monoisotopic (exact) mass is 336 g/mol. The zero-order valence-electron chi connectivity index (χ0n) is 15.3. The van der Waals surface area contributed by atoms with Gasteiger partial charge in [-0.1, -0.05) is 26.2 Å². The molecule has 0 radical (unpaired) electrons. The number of carbonyl (C=O) groups is 2. The van der Waals surface area contributed by atoms with Gasteiger partial charge < -0.3 is 14.5 Å². The fourth-order valence-corrected chi connectivity index (χ4v) is 4.92. The van der Waals surface area contributed by atoms with Gasteiger partial charge in [-0.05, 0) is 32.1 Å². The molecule has 2 saturated heterocycles. The third-order valence-corrected chi connectivity index (χ3v) is 6.50. The molecule has 24 heavy (non-hydrogen) atoms. The third kappa shape index (κ3) is 3.19. The van der Waals surface area contributed by atoms with E-state index in [4.69, 9.17) is 4.74 Å².